The minimum atomic E-state index is -3.61. The lowest BCUT2D eigenvalue weighted by molar-refractivity contribution is -0.140. The fourth-order valence-electron chi connectivity index (χ4n) is 4.64. The van der Waals surface area contributed by atoms with Crippen molar-refractivity contribution in [3.63, 3.8) is 0 Å². The second-order valence-electron chi connectivity index (χ2n) is 7.54. The van der Waals surface area contributed by atoms with Crippen LogP contribution in [0.2, 0.25) is 0 Å². The molecule has 25 heavy (non-hydrogen) atoms. The molecule has 0 aliphatic carbocycles. The molecule has 0 saturated carbocycles. The Hall–Kier alpha value is -1.51. The van der Waals surface area contributed by atoms with Gasteiger partial charge in [0.05, 0.1) is 5.41 Å². The maximum absolute atomic E-state index is 13.3. The number of fused-ring (bicyclic) bond motifs is 1. The molecule has 2 atom stereocenters. The SMILES string of the molecule is CN1C[C@H]2CN(S(=O)(=O)c3cccnc3)C[C@@]2(C(=O)N2CCCC2)C1. The number of carbonyl (C=O) groups is 1. The average Bonchev–Trinajstić information content (AvgIpc) is 3.29. The smallest absolute Gasteiger partial charge is 0.244 e. The summed E-state index contributed by atoms with van der Waals surface area (Å²) in [6.07, 6.45) is 5.02. The number of pyridine rings is 1. The summed E-state index contributed by atoms with van der Waals surface area (Å²) in [6.45, 7) is 3.67. The van der Waals surface area contributed by atoms with Crippen LogP contribution >= 0.6 is 0 Å². The van der Waals surface area contributed by atoms with Crippen LogP contribution in [-0.4, -0.2) is 79.7 Å². The Morgan fingerprint density at radius 3 is 2.68 bits per heavy atom. The fraction of sp³-hybridized carbons (Fsp3) is 0.647. The number of carbonyl (C=O) groups excluding carboxylic acids is 1. The summed E-state index contributed by atoms with van der Waals surface area (Å²) < 4.78 is 27.5. The van der Waals surface area contributed by atoms with Gasteiger partial charge in [0.25, 0.3) is 0 Å². The van der Waals surface area contributed by atoms with Crippen LogP contribution in [0, 0.1) is 11.3 Å². The molecule has 0 aromatic carbocycles. The lowest BCUT2D eigenvalue weighted by Gasteiger charge is -2.32. The van der Waals surface area contributed by atoms with Gasteiger partial charge in [0.15, 0.2) is 0 Å². The van der Waals surface area contributed by atoms with Crippen molar-refractivity contribution in [1.82, 2.24) is 19.1 Å². The Morgan fingerprint density at radius 2 is 2.00 bits per heavy atom. The lowest BCUT2D eigenvalue weighted by Crippen LogP contribution is -2.48. The highest BCUT2D eigenvalue weighted by Gasteiger charge is 2.59. The predicted molar refractivity (Wildman–Crippen MR) is 92.2 cm³/mol. The molecule has 7 nitrogen and oxygen atoms in total. The van der Waals surface area contributed by atoms with Crippen LogP contribution < -0.4 is 0 Å². The minimum absolute atomic E-state index is 0.0528. The van der Waals surface area contributed by atoms with E-state index in [9.17, 15) is 13.2 Å². The molecule has 1 aromatic rings. The molecule has 3 aliphatic heterocycles. The normalized spacial score (nSPS) is 30.8. The van der Waals surface area contributed by atoms with Crippen molar-refractivity contribution < 1.29 is 13.2 Å². The van der Waals surface area contributed by atoms with Gasteiger partial charge in [-0.05, 0) is 32.0 Å². The Labute approximate surface area is 148 Å². The van der Waals surface area contributed by atoms with E-state index in [4.69, 9.17) is 0 Å². The van der Waals surface area contributed by atoms with Crippen molar-refractivity contribution in [2.45, 2.75) is 17.7 Å². The standard InChI is InChI=1S/C17H24N4O3S/c1-19-10-14-11-21(25(23,24)15-5-4-6-18-9-15)13-17(14,12-19)16(22)20-7-2-3-8-20/h4-6,9,14H,2-3,7-8,10-13H2,1H3/t14-,17-/m0/s1. The molecule has 1 amide bonds. The third-order valence-electron chi connectivity index (χ3n) is 5.84. The zero-order valence-corrected chi connectivity index (χ0v) is 15.3. The topological polar surface area (TPSA) is 73.8 Å². The molecule has 3 aliphatic rings. The van der Waals surface area contributed by atoms with Crippen molar-refractivity contribution in [2.75, 3.05) is 46.3 Å². The highest BCUT2D eigenvalue weighted by Crippen LogP contribution is 2.45. The first-order chi connectivity index (χ1) is 11.9. The van der Waals surface area contributed by atoms with E-state index >= 15 is 0 Å². The zero-order chi connectivity index (χ0) is 17.7. The monoisotopic (exact) mass is 364 g/mol. The van der Waals surface area contributed by atoms with Gasteiger partial charge in [-0.1, -0.05) is 0 Å². The molecule has 4 rings (SSSR count). The molecule has 8 heteroatoms. The zero-order valence-electron chi connectivity index (χ0n) is 14.5. The van der Waals surface area contributed by atoms with Gasteiger partial charge in [-0.25, -0.2) is 8.42 Å². The number of sulfonamides is 1. The van der Waals surface area contributed by atoms with Gasteiger partial charge < -0.3 is 9.80 Å². The fourth-order valence-corrected chi connectivity index (χ4v) is 6.16. The number of rotatable bonds is 3. The number of aromatic nitrogens is 1. The highest BCUT2D eigenvalue weighted by molar-refractivity contribution is 7.89. The second-order valence-corrected chi connectivity index (χ2v) is 9.47. The minimum Gasteiger partial charge on any atom is -0.342 e. The van der Waals surface area contributed by atoms with Crippen molar-refractivity contribution in [1.29, 1.82) is 0 Å². The summed E-state index contributed by atoms with van der Waals surface area (Å²) in [5, 5.41) is 0. The largest absolute Gasteiger partial charge is 0.342 e. The summed E-state index contributed by atoms with van der Waals surface area (Å²) in [5.41, 5.74) is -0.603. The van der Waals surface area contributed by atoms with Crippen LogP contribution in [0.1, 0.15) is 12.8 Å². The van der Waals surface area contributed by atoms with Gasteiger partial charge in [0, 0.05) is 57.6 Å². The van der Waals surface area contributed by atoms with Gasteiger partial charge in [-0.15, -0.1) is 0 Å². The highest BCUT2D eigenvalue weighted by atomic mass is 32.2. The van der Waals surface area contributed by atoms with E-state index in [0.717, 1.165) is 32.5 Å². The molecule has 3 saturated heterocycles. The molecule has 136 valence electrons. The summed E-state index contributed by atoms with van der Waals surface area (Å²) in [5.74, 6) is 0.195. The Morgan fingerprint density at radius 1 is 1.24 bits per heavy atom. The van der Waals surface area contributed by atoms with Gasteiger partial charge in [-0.3, -0.25) is 9.78 Å². The first kappa shape index (κ1) is 16.9. The Kier molecular flexibility index (Phi) is 4.09. The number of hydrogen-bond acceptors (Lipinski definition) is 5. The van der Waals surface area contributed by atoms with Crippen LogP contribution in [0.3, 0.4) is 0 Å². The second kappa shape index (κ2) is 6.03. The van der Waals surface area contributed by atoms with E-state index in [2.05, 4.69) is 9.88 Å². The molecule has 0 unspecified atom stereocenters. The molecule has 1 aromatic heterocycles. The first-order valence-electron chi connectivity index (χ1n) is 8.82. The van der Waals surface area contributed by atoms with E-state index < -0.39 is 15.4 Å². The van der Waals surface area contributed by atoms with E-state index in [0.29, 0.717) is 13.1 Å². The third-order valence-corrected chi connectivity index (χ3v) is 7.63. The van der Waals surface area contributed by atoms with Gasteiger partial charge in [0.1, 0.15) is 4.90 Å². The van der Waals surface area contributed by atoms with E-state index in [1.54, 1.807) is 18.3 Å². The number of nitrogens with zero attached hydrogens (tertiary/aromatic N) is 4. The van der Waals surface area contributed by atoms with Crippen LogP contribution in [-0.2, 0) is 14.8 Å². The van der Waals surface area contributed by atoms with Crippen LogP contribution in [0.15, 0.2) is 29.4 Å². The predicted octanol–water partition coefficient (Wildman–Crippen LogP) is 0.256. The first-order valence-corrected chi connectivity index (χ1v) is 10.3. The summed E-state index contributed by atoms with van der Waals surface area (Å²) in [7, 11) is -1.60. The molecule has 0 radical (unpaired) electrons. The average molecular weight is 364 g/mol. The maximum atomic E-state index is 13.3. The van der Waals surface area contributed by atoms with Crippen molar-refractivity contribution in [2.24, 2.45) is 11.3 Å². The molecule has 0 N–H and O–H groups in total. The van der Waals surface area contributed by atoms with E-state index in [1.807, 2.05) is 11.9 Å². The van der Waals surface area contributed by atoms with Crippen LogP contribution in [0.5, 0.6) is 0 Å². The van der Waals surface area contributed by atoms with Gasteiger partial charge in [-0.2, -0.15) is 4.31 Å². The van der Waals surface area contributed by atoms with Crippen LogP contribution in [0.4, 0.5) is 0 Å². The van der Waals surface area contributed by atoms with Gasteiger partial charge >= 0.3 is 0 Å². The van der Waals surface area contributed by atoms with Crippen molar-refractivity contribution in [3.8, 4) is 0 Å². The maximum Gasteiger partial charge on any atom is 0.244 e. The Bertz CT molecular complexity index is 763. The number of likely N-dealkylation sites (tertiary alicyclic amines) is 2. The molecule has 0 bridgehead atoms. The number of hydrogen-bond donors (Lipinski definition) is 0. The molecular formula is C17H24N4O3S. The summed E-state index contributed by atoms with van der Waals surface area (Å²) >= 11 is 0. The van der Waals surface area contributed by atoms with Crippen molar-refractivity contribution in [3.05, 3.63) is 24.5 Å². The van der Waals surface area contributed by atoms with E-state index in [-0.39, 0.29) is 23.3 Å². The summed E-state index contributed by atoms with van der Waals surface area (Å²) in [6, 6.07) is 3.19. The van der Waals surface area contributed by atoms with E-state index in [1.165, 1.54) is 10.5 Å². The van der Waals surface area contributed by atoms with Gasteiger partial charge in [0.2, 0.25) is 15.9 Å². The lowest BCUT2D eigenvalue weighted by atomic mass is 9.79. The molecular weight excluding hydrogens is 340 g/mol. The Balaban J connectivity index is 1.64. The summed E-state index contributed by atoms with van der Waals surface area (Å²) in [4.78, 5) is 21.5. The number of amides is 1. The molecule has 0 spiro atoms. The molecule has 4 heterocycles. The van der Waals surface area contributed by atoms with Crippen molar-refractivity contribution >= 4 is 15.9 Å². The third kappa shape index (κ3) is 2.67. The molecule has 3 fully saturated rings. The van der Waals surface area contributed by atoms with Crippen LogP contribution in [0.25, 0.3) is 0 Å². The quantitative estimate of drug-likeness (QED) is 0.769.